The Morgan fingerprint density at radius 1 is 1.38 bits per heavy atom. The van der Waals surface area contributed by atoms with Crippen molar-refractivity contribution in [1.29, 1.82) is 0 Å². The van der Waals surface area contributed by atoms with E-state index in [1.54, 1.807) is 11.8 Å². The minimum Gasteiger partial charge on any atom is -0.379 e. The Kier molecular flexibility index (Phi) is 6.14. The molecule has 0 aliphatic heterocycles. The summed E-state index contributed by atoms with van der Waals surface area (Å²) in [6, 6.07) is -0.235. The number of rotatable bonds is 6. The van der Waals surface area contributed by atoms with Gasteiger partial charge in [0.2, 0.25) is 0 Å². The van der Waals surface area contributed by atoms with E-state index in [1.807, 2.05) is 20.8 Å². The average Bonchev–Trinajstić information content (AvgIpc) is 2.84. The van der Waals surface area contributed by atoms with Crippen molar-refractivity contribution in [3.63, 3.8) is 0 Å². The van der Waals surface area contributed by atoms with Gasteiger partial charge in [-0.2, -0.15) is 5.10 Å². The van der Waals surface area contributed by atoms with Gasteiger partial charge in [0.25, 0.3) is 0 Å². The van der Waals surface area contributed by atoms with Gasteiger partial charge in [0.05, 0.1) is 18.2 Å². The van der Waals surface area contributed by atoms with E-state index in [0.717, 1.165) is 5.82 Å². The molecule has 0 fully saturated rings. The van der Waals surface area contributed by atoms with Gasteiger partial charge in [0.1, 0.15) is 12.2 Å². The maximum absolute atomic E-state index is 11.8. The van der Waals surface area contributed by atoms with Crippen molar-refractivity contribution in [1.82, 2.24) is 25.4 Å². The predicted octanol–water partition coefficient (Wildman–Crippen LogP) is 1.50. The van der Waals surface area contributed by atoms with Crippen LogP contribution in [0.3, 0.4) is 0 Å². The molecule has 0 bridgehead atoms. The first-order valence-corrected chi connectivity index (χ1v) is 7.19. The number of urea groups is 1. The van der Waals surface area contributed by atoms with Gasteiger partial charge in [-0.05, 0) is 26.7 Å². The van der Waals surface area contributed by atoms with Crippen LogP contribution in [0.15, 0.2) is 6.33 Å². The second-order valence-electron chi connectivity index (χ2n) is 6.34. The number of ether oxygens (including phenoxy) is 1. The summed E-state index contributed by atoms with van der Waals surface area (Å²) >= 11 is 0. The molecule has 120 valence electrons. The topological polar surface area (TPSA) is 81.1 Å². The average molecular weight is 297 g/mol. The molecule has 0 saturated carbocycles. The van der Waals surface area contributed by atoms with Gasteiger partial charge in [-0.1, -0.05) is 13.8 Å². The van der Waals surface area contributed by atoms with Gasteiger partial charge >= 0.3 is 6.03 Å². The van der Waals surface area contributed by atoms with Crippen LogP contribution >= 0.6 is 0 Å². The molecule has 1 atom stereocenters. The third kappa shape index (κ3) is 5.34. The van der Waals surface area contributed by atoms with Gasteiger partial charge < -0.3 is 15.4 Å². The number of aromatic nitrogens is 3. The molecule has 2 amide bonds. The fourth-order valence-corrected chi connectivity index (χ4v) is 1.95. The molecule has 1 aromatic rings. The van der Waals surface area contributed by atoms with E-state index in [-0.39, 0.29) is 17.7 Å². The zero-order chi connectivity index (χ0) is 16.0. The summed E-state index contributed by atoms with van der Waals surface area (Å²) in [5.74, 6) is 1.07. The van der Waals surface area contributed by atoms with Crippen LogP contribution < -0.4 is 10.6 Å². The van der Waals surface area contributed by atoms with Crippen LogP contribution in [-0.2, 0) is 16.8 Å². The number of nitrogens with zero attached hydrogens (tertiary/aromatic N) is 3. The summed E-state index contributed by atoms with van der Waals surface area (Å²) in [5.41, 5.74) is -0.164. The molecular formula is C14H27N5O2. The van der Waals surface area contributed by atoms with Crippen molar-refractivity contribution in [2.45, 2.75) is 52.8 Å². The molecule has 0 radical (unpaired) electrons. The van der Waals surface area contributed by atoms with Crippen LogP contribution in [-0.4, -0.2) is 40.6 Å². The lowest BCUT2D eigenvalue weighted by Crippen LogP contribution is -2.42. The molecule has 1 aromatic heterocycles. The molecule has 2 N–H and O–H groups in total. The Balaban J connectivity index is 2.46. The van der Waals surface area contributed by atoms with Gasteiger partial charge in [-0.15, -0.1) is 0 Å². The van der Waals surface area contributed by atoms with E-state index in [4.69, 9.17) is 4.74 Å². The van der Waals surface area contributed by atoms with E-state index >= 15 is 0 Å². The highest BCUT2D eigenvalue weighted by molar-refractivity contribution is 5.73. The largest absolute Gasteiger partial charge is 0.379 e. The molecule has 0 spiro atoms. The molecule has 1 heterocycles. The Morgan fingerprint density at radius 2 is 2.05 bits per heavy atom. The third-order valence-electron chi connectivity index (χ3n) is 3.17. The Hall–Kier alpha value is -1.63. The summed E-state index contributed by atoms with van der Waals surface area (Å²) in [6.45, 7) is 11.0. The maximum atomic E-state index is 11.8. The zero-order valence-electron chi connectivity index (χ0n) is 13.8. The van der Waals surface area contributed by atoms with Crippen LogP contribution in [0.5, 0.6) is 0 Å². The van der Waals surface area contributed by atoms with E-state index < -0.39 is 0 Å². The third-order valence-corrected chi connectivity index (χ3v) is 3.17. The number of hydrogen-bond donors (Lipinski definition) is 2. The first-order valence-electron chi connectivity index (χ1n) is 7.19. The normalized spacial score (nSPS) is 13.3. The van der Waals surface area contributed by atoms with Crippen molar-refractivity contribution in [2.75, 3.05) is 13.7 Å². The monoisotopic (exact) mass is 297 g/mol. The first-order chi connectivity index (χ1) is 9.75. The van der Waals surface area contributed by atoms with Crippen LogP contribution in [0.25, 0.3) is 0 Å². The fraction of sp³-hybridized carbons (Fsp3) is 0.786. The lowest BCUT2D eigenvalue weighted by atomic mass is 10.1. The highest BCUT2D eigenvalue weighted by Gasteiger charge is 2.19. The number of amides is 2. The Bertz CT molecular complexity index is 450. The quantitative estimate of drug-likeness (QED) is 0.834. The summed E-state index contributed by atoms with van der Waals surface area (Å²) in [5, 5.41) is 9.78. The van der Waals surface area contributed by atoms with Crippen molar-refractivity contribution < 1.29 is 9.53 Å². The van der Waals surface area contributed by atoms with Crippen LogP contribution in [0.4, 0.5) is 4.79 Å². The Morgan fingerprint density at radius 3 is 2.57 bits per heavy atom. The van der Waals surface area contributed by atoms with Crippen molar-refractivity contribution in [3.05, 3.63) is 12.2 Å². The highest BCUT2D eigenvalue weighted by atomic mass is 16.5. The molecule has 0 saturated heterocycles. The number of methoxy groups -OCH3 is 1. The zero-order valence-corrected chi connectivity index (χ0v) is 13.8. The fourth-order valence-electron chi connectivity index (χ4n) is 1.95. The van der Waals surface area contributed by atoms with Crippen LogP contribution in [0.1, 0.15) is 40.4 Å². The summed E-state index contributed by atoms with van der Waals surface area (Å²) in [7, 11) is 1.65. The van der Waals surface area contributed by atoms with Crippen LogP contribution in [0, 0.1) is 5.92 Å². The van der Waals surface area contributed by atoms with Gasteiger partial charge in [-0.25, -0.2) is 14.5 Å². The lowest BCUT2D eigenvalue weighted by Gasteiger charge is -2.22. The Labute approximate surface area is 126 Å². The maximum Gasteiger partial charge on any atom is 0.315 e. The van der Waals surface area contributed by atoms with Gasteiger partial charge in [0.15, 0.2) is 0 Å². The standard InChI is InChI=1S/C14H27N5O2/c1-10(2)11(21-6)7-15-13(20)16-8-12-17-9-18-19(12)14(3,4)5/h9-11H,7-8H2,1-6H3,(H2,15,16,20)/t11-/m1/s1. The highest BCUT2D eigenvalue weighted by Crippen LogP contribution is 2.13. The van der Waals surface area contributed by atoms with Crippen molar-refractivity contribution >= 4 is 6.03 Å². The first kappa shape index (κ1) is 17.4. The summed E-state index contributed by atoms with van der Waals surface area (Å²) in [6.07, 6.45) is 1.51. The van der Waals surface area contributed by atoms with Crippen molar-refractivity contribution in [2.24, 2.45) is 5.92 Å². The SMILES string of the molecule is CO[C@H](CNC(=O)NCc1ncnn1C(C)(C)C)C(C)C. The van der Waals surface area contributed by atoms with E-state index in [1.165, 1.54) is 6.33 Å². The molecule has 1 rings (SSSR count). The number of hydrogen-bond acceptors (Lipinski definition) is 4. The van der Waals surface area contributed by atoms with Gasteiger partial charge in [0, 0.05) is 13.7 Å². The molecular weight excluding hydrogens is 270 g/mol. The molecule has 0 aromatic carbocycles. The van der Waals surface area contributed by atoms with E-state index in [9.17, 15) is 4.79 Å². The predicted molar refractivity (Wildman–Crippen MR) is 80.9 cm³/mol. The van der Waals surface area contributed by atoms with Gasteiger partial charge in [-0.3, -0.25) is 0 Å². The number of carbonyl (C=O) groups is 1. The smallest absolute Gasteiger partial charge is 0.315 e. The molecule has 0 unspecified atom stereocenters. The number of nitrogens with one attached hydrogen (secondary N) is 2. The molecule has 7 nitrogen and oxygen atoms in total. The molecule has 0 aliphatic rings. The number of carbonyl (C=O) groups excluding carboxylic acids is 1. The summed E-state index contributed by atoms with van der Waals surface area (Å²) < 4.78 is 7.11. The molecule has 21 heavy (non-hydrogen) atoms. The van der Waals surface area contributed by atoms with Crippen molar-refractivity contribution in [3.8, 4) is 0 Å². The summed E-state index contributed by atoms with van der Waals surface area (Å²) in [4.78, 5) is 16.0. The van der Waals surface area contributed by atoms with Crippen LogP contribution in [0.2, 0.25) is 0 Å². The second kappa shape index (κ2) is 7.40. The molecule has 0 aliphatic carbocycles. The van der Waals surface area contributed by atoms with E-state index in [0.29, 0.717) is 19.0 Å². The minimum atomic E-state index is -0.235. The minimum absolute atomic E-state index is 0.00831. The lowest BCUT2D eigenvalue weighted by molar-refractivity contribution is 0.0666. The second-order valence-corrected chi connectivity index (χ2v) is 6.34. The van der Waals surface area contributed by atoms with E-state index in [2.05, 4.69) is 34.6 Å². The molecule has 7 heteroatoms.